The lowest BCUT2D eigenvalue weighted by molar-refractivity contribution is -0.0247. The van der Waals surface area contributed by atoms with Crippen molar-refractivity contribution in [3.8, 4) is 5.75 Å². The van der Waals surface area contributed by atoms with Crippen LogP contribution in [0.25, 0.3) is 0 Å². The first kappa shape index (κ1) is 37.0. The molecule has 0 aliphatic heterocycles. The molecule has 0 saturated heterocycles. The van der Waals surface area contributed by atoms with E-state index in [2.05, 4.69) is 5.32 Å². The lowest BCUT2D eigenvalue weighted by atomic mass is 10.1. The van der Waals surface area contributed by atoms with Crippen molar-refractivity contribution in [1.29, 1.82) is 0 Å². The molecule has 0 spiro atoms. The summed E-state index contributed by atoms with van der Waals surface area (Å²) in [7, 11) is 1.64. The quantitative estimate of drug-likeness (QED) is 0.121. The zero-order valence-corrected chi connectivity index (χ0v) is 24.4. The van der Waals surface area contributed by atoms with Crippen molar-refractivity contribution in [3.63, 3.8) is 0 Å². The number of ether oxygens (including phenoxy) is 10. The third kappa shape index (κ3) is 26.6. The zero-order valence-electron chi connectivity index (χ0n) is 24.4. The maximum Gasteiger partial charge on any atom is 0.404 e. The maximum absolute atomic E-state index is 10.5. The summed E-state index contributed by atoms with van der Waals surface area (Å²) < 4.78 is 54.0. The van der Waals surface area contributed by atoms with Crippen LogP contribution in [0.5, 0.6) is 5.75 Å². The molecule has 0 aliphatic rings. The Hall–Kier alpha value is -2.07. The number of carbonyl (C=O) groups is 1. The molecule has 1 aromatic carbocycles. The van der Waals surface area contributed by atoms with Crippen LogP contribution in [-0.2, 0) is 49.1 Å². The third-order valence-electron chi connectivity index (χ3n) is 5.15. The molecule has 0 unspecified atom stereocenters. The van der Waals surface area contributed by atoms with Crippen molar-refractivity contribution in [2.75, 3.05) is 133 Å². The monoisotopic (exact) mass is 591 g/mol. The van der Waals surface area contributed by atoms with Crippen LogP contribution in [0.1, 0.15) is 5.56 Å². The number of hydrogen-bond acceptors (Lipinski definition) is 11. The molecule has 1 rings (SSSR count). The first-order valence-electron chi connectivity index (χ1n) is 14.0. The Balaban J connectivity index is 1.71. The summed E-state index contributed by atoms with van der Waals surface area (Å²) in [5, 5.41) is 10.9. The van der Waals surface area contributed by atoms with Crippen LogP contribution in [0.2, 0.25) is 0 Å². The van der Waals surface area contributed by atoms with Gasteiger partial charge in [-0.15, -0.1) is 0 Å². The van der Waals surface area contributed by atoms with Crippen molar-refractivity contribution < 1.29 is 57.3 Å². The van der Waals surface area contributed by atoms with Gasteiger partial charge in [0.1, 0.15) is 12.4 Å². The maximum atomic E-state index is 10.5. The molecule has 0 atom stereocenters. The third-order valence-corrected chi connectivity index (χ3v) is 5.15. The summed E-state index contributed by atoms with van der Waals surface area (Å²) in [5.74, 6) is 0.743. The second kappa shape index (κ2) is 29.4. The zero-order chi connectivity index (χ0) is 29.5. The van der Waals surface area contributed by atoms with Crippen LogP contribution in [0.15, 0.2) is 24.3 Å². The second-order valence-corrected chi connectivity index (χ2v) is 8.37. The Kier molecular flexibility index (Phi) is 26.5. The van der Waals surface area contributed by atoms with Crippen molar-refractivity contribution in [3.05, 3.63) is 29.8 Å². The molecule has 1 amide bonds. The molecular formula is C28H49NO12. The highest BCUT2D eigenvalue weighted by Gasteiger charge is 1.99. The Morgan fingerprint density at radius 1 is 0.561 bits per heavy atom. The van der Waals surface area contributed by atoms with Gasteiger partial charge in [-0.05, 0) is 24.1 Å². The van der Waals surface area contributed by atoms with E-state index in [1.807, 2.05) is 24.3 Å². The first-order valence-corrected chi connectivity index (χ1v) is 14.0. The van der Waals surface area contributed by atoms with Crippen LogP contribution < -0.4 is 10.1 Å². The van der Waals surface area contributed by atoms with Gasteiger partial charge >= 0.3 is 6.09 Å². The van der Waals surface area contributed by atoms with Gasteiger partial charge in [0.25, 0.3) is 0 Å². The lowest BCUT2D eigenvalue weighted by Gasteiger charge is -2.09. The largest absolute Gasteiger partial charge is 0.491 e. The molecule has 1 aromatic rings. The molecule has 2 N–H and O–H groups in total. The Bertz CT molecular complexity index is 695. The fraction of sp³-hybridized carbons (Fsp3) is 0.750. The van der Waals surface area contributed by atoms with Crippen LogP contribution in [0, 0.1) is 0 Å². The van der Waals surface area contributed by atoms with Crippen molar-refractivity contribution in [1.82, 2.24) is 5.32 Å². The summed E-state index contributed by atoms with van der Waals surface area (Å²) in [5.41, 5.74) is 1.04. The average molecular weight is 592 g/mol. The summed E-state index contributed by atoms with van der Waals surface area (Å²) in [6.45, 7) is 9.58. The fourth-order valence-corrected chi connectivity index (χ4v) is 3.07. The normalized spacial score (nSPS) is 11.1. The van der Waals surface area contributed by atoms with Crippen LogP contribution >= 0.6 is 0 Å². The van der Waals surface area contributed by atoms with E-state index in [4.69, 9.17) is 52.5 Å². The number of hydrogen-bond donors (Lipinski definition) is 2. The van der Waals surface area contributed by atoms with Gasteiger partial charge in [-0.2, -0.15) is 0 Å². The second-order valence-electron chi connectivity index (χ2n) is 8.37. The molecule has 0 fully saturated rings. The molecule has 0 bridgehead atoms. The highest BCUT2D eigenvalue weighted by molar-refractivity contribution is 5.64. The molecule has 41 heavy (non-hydrogen) atoms. The molecule has 238 valence electrons. The van der Waals surface area contributed by atoms with E-state index in [-0.39, 0.29) is 0 Å². The minimum absolute atomic E-state index is 0.381. The predicted molar refractivity (Wildman–Crippen MR) is 150 cm³/mol. The molecular weight excluding hydrogens is 542 g/mol. The molecule has 13 heteroatoms. The minimum Gasteiger partial charge on any atom is -0.491 e. The number of rotatable bonds is 31. The van der Waals surface area contributed by atoms with Crippen molar-refractivity contribution in [2.45, 2.75) is 6.42 Å². The Labute approximate surface area is 243 Å². The van der Waals surface area contributed by atoms with Gasteiger partial charge in [-0.1, -0.05) is 12.1 Å². The molecule has 0 heterocycles. The highest BCUT2D eigenvalue weighted by atomic mass is 16.6. The van der Waals surface area contributed by atoms with Crippen LogP contribution in [0.3, 0.4) is 0 Å². The summed E-state index contributed by atoms with van der Waals surface area (Å²) in [4.78, 5) is 10.5. The summed E-state index contributed by atoms with van der Waals surface area (Å²) in [6.07, 6.45) is -0.385. The van der Waals surface area contributed by atoms with Gasteiger partial charge < -0.3 is 57.8 Å². The summed E-state index contributed by atoms with van der Waals surface area (Å²) >= 11 is 0. The fourth-order valence-electron chi connectivity index (χ4n) is 3.07. The van der Waals surface area contributed by atoms with Gasteiger partial charge in [0.05, 0.1) is 112 Å². The van der Waals surface area contributed by atoms with E-state index in [0.717, 1.165) is 11.3 Å². The summed E-state index contributed by atoms with van der Waals surface area (Å²) in [6, 6.07) is 7.55. The van der Waals surface area contributed by atoms with Crippen LogP contribution in [0.4, 0.5) is 4.79 Å². The van der Waals surface area contributed by atoms with Gasteiger partial charge in [-0.25, -0.2) is 4.79 Å². The van der Waals surface area contributed by atoms with E-state index in [1.54, 1.807) is 7.11 Å². The molecule has 0 radical (unpaired) electrons. The van der Waals surface area contributed by atoms with Crippen molar-refractivity contribution in [2.24, 2.45) is 0 Å². The number of methoxy groups -OCH3 is 1. The van der Waals surface area contributed by atoms with E-state index in [1.165, 1.54) is 0 Å². The van der Waals surface area contributed by atoms with E-state index in [9.17, 15) is 4.79 Å². The minimum atomic E-state index is -1.02. The Morgan fingerprint density at radius 2 is 0.902 bits per heavy atom. The highest BCUT2D eigenvalue weighted by Crippen LogP contribution is 2.12. The molecule has 0 aromatic heterocycles. The topological polar surface area (TPSA) is 142 Å². The number of nitrogens with one attached hydrogen (secondary N) is 1. The van der Waals surface area contributed by atoms with E-state index < -0.39 is 6.09 Å². The predicted octanol–water partition coefficient (Wildman–Crippen LogP) is 1.65. The standard InChI is InChI=1S/C28H49NO12/c1-32-8-9-33-10-11-34-12-13-35-14-15-36-16-17-37-18-19-38-20-21-39-22-23-40-24-25-41-27-4-2-26(3-5-27)6-7-29-28(30)31/h2-5,29H,6-25H2,1H3,(H,30,31). The number of amides is 1. The SMILES string of the molecule is COCCOCCOCCOCCOCCOCCOCCOCCOCCOc1ccc(CCNC(=O)O)cc1. The van der Waals surface area contributed by atoms with Gasteiger partial charge in [-0.3, -0.25) is 0 Å². The Morgan fingerprint density at radius 3 is 1.24 bits per heavy atom. The number of carboxylic acid groups (broad SMARTS) is 1. The number of benzene rings is 1. The van der Waals surface area contributed by atoms with Gasteiger partial charge in [0, 0.05) is 13.7 Å². The molecule has 0 aliphatic carbocycles. The van der Waals surface area contributed by atoms with Gasteiger partial charge in [0.2, 0.25) is 0 Å². The van der Waals surface area contributed by atoms with Crippen molar-refractivity contribution >= 4 is 6.09 Å². The first-order chi connectivity index (χ1) is 20.2. The van der Waals surface area contributed by atoms with E-state index >= 15 is 0 Å². The lowest BCUT2D eigenvalue weighted by Crippen LogP contribution is -2.23. The molecule has 13 nitrogen and oxygen atoms in total. The van der Waals surface area contributed by atoms with Gasteiger partial charge in [0.15, 0.2) is 0 Å². The van der Waals surface area contributed by atoms with E-state index in [0.29, 0.717) is 132 Å². The van der Waals surface area contributed by atoms with Crippen LogP contribution in [-0.4, -0.2) is 144 Å². The molecule has 0 saturated carbocycles. The average Bonchev–Trinajstić information content (AvgIpc) is 2.97. The smallest absolute Gasteiger partial charge is 0.404 e.